The maximum Gasteiger partial charge on any atom is 0.276 e. The highest BCUT2D eigenvalue weighted by Crippen LogP contribution is 2.25. The van der Waals surface area contributed by atoms with E-state index in [0.717, 1.165) is 25.7 Å². The largest absolute Gasteiger partial charge is 0.488 e. The van der Waals surface area contributed by atoms with Crippen molar-refractivity contribution in [1.82, 2.24) is 10.2 Å². The van der Waals surface area contributed by atoms with Crippen LogP contribution in [0.25, 0.3) is 0 Å². The zero-order chi connectivity index (χ0) is 17.9. The first-order valence-corrected chi connectivity index (χ1v) is 8.73. The molecule has 2 rings (SSSR count). The first-order valence-electron chi connectivity index (χ1n) is 8.73. The molecule has 0 aliphatic carbocycles. The molecule has 5 nitrogen and oxygen atoms in total. The van der Waals surface area contributed by atoms with E-state index in [2.05, 4.69) is 24.0 Å². The molecule has 0 fully saturated rings. The van der Waals surface area contributed by atoms with Gasteiger partial charge in [0.2, 0.25) is 0 Å². The lowest BCUT2D eigenvalue weighted by Gasteiger charge is -2.12. The van der Waals surface area contributed by atoms with Crippen molar-refractivity contribution in [3.63, 3.8) is 0 Å². The molecule has 0 unspecified atom stereocenters. The summed E-state index contributed by atoms with van der Waals surface area (Å²) in [6.45, 7) is 5.55. The van der Waals surface area contributed by atoms with E-state index in [1.807, 2.05) is 0 Å². The molecular weight excluding hydrogens is 323 g/mol. The molecule has 25 heavy (non-hydrogen) atoms. The van der Waals surface area contributed by atoms with Crippen LogP contribution in [-0.2, 0) is 6.61 Å². The number of rotatable bonds is 11. The molecule has 0 spiro atoms. The summed E-state index contributed by atoms with van der Waals surface area (Å²) in [5.41, 5.74) is 0.596. The second-order valence-electron chi connectivity index (χ2n) is 5.66. The highest BCUT2D eigenvalue weighted by Gasteiger charge is 2.11. The molecule has 0 amide bonds. The van der Waals surface area contributed by atoms with E-state index in [1.165, 1.54) is 12.1 Å². The summed E-state index contributed by atoms with van der Waals surface area (Å²) in [5.74, 6) is 1.07. The van der Waals surface area contributed by atoms with Gasteiger partial charge >= 0.3 is 0 Å². The lowest BCUT2D eigenvalue weighted by atomic mass is 10.3. The van der Waals surface area contributed by atoms with Gasteiger partial charge in [0.1, 0.15) is 23.9 Å². The van der Waals surface area contributed by atoms with Crippen LogP contribution in [0.5, 0.6) is 17.4 Å². The molecule has 2 aromatic rings. The molecule has 1 heterocycles. The zero-order valence-electron chi connectivity index (χ0n) is 14.8. The van der Waals surface area contributed by atoms with Gasteiger partial charge in [-0.3, -0.25) is 0 Å². The molecular formula is C19H25FN2O3. The minimum atomic E-state index is -0.341. The minimum Gasteiger partial charge on any atom is -0.488 e. The Morgan fingerprint density at radius 1 is 0.920 bits per heavy atom. The van der Waals surface area contributed by atoms with E-state index in [4.69, 9.17) is 14.2 Å². The minimum absolute atomic E-state index is 0.176. The van der Waals surface area contributed by atoms with E-state index in [1.54, 1.807) is 18.2 Å². The summed E-state index contributed by atoms with van der Waals surface area (Å²) >= 11 is 0. The molecule has 0 atom stereocenters. The second kappa shape index (κ2) is 10.5. The van der Waals surface area contributed by atoms with Crippen LogP contribution >= 0.6 is 0 Å². The zero-order valence-corrected chi connectivity index (χ0v) is 14.8. The highest BCUT2D eigenvalue weighted by atomic mass is 19.1. The van der Waals surface area contributed by atoms with Crippen LogP contribution in [0, 0.1) is 5.82 Å². The maximum atomic E-state index is 13.2. The Morgan fingerprint density at radius 2 is 1.68 bits per heavy atom. The highest BCUT2D eigenvalue weighted by molar-refractivity contribution is 5.33. The van der Waals surface area contributed by atoms with Gasteiger partial charge in [-0.2, -0.15) is 0 Å². The average Bonchev–Trinajstić information content (AvgIpc) is 2.62. The molecule has 0 N–H and O–H groups in total. The van der Waals surface area contributed by atoms with Crippen LogP contribution in [0.2, 0.25) is 0 Å². The predicted octanol–water partition coefficient (Wildman–Crippen LogP) is 4.55. The Balaban J connectivity index is 2.03. The molecule has 0 bridgehead atoms. The van der Waals surface area contributed by atoms with Crippen LogP contribution in [0.4, 0.5) is 4.39 Å². The monoisotopic (exact) mass is 348 g/mol. The van der Waals surface area contributed by atoms with Crippen molar-refractivity contribution in [2.75, 3.05) is 13.2 Å². The molecule has 0 saturated heterocycles. The lowest BCUT2D eigenvalue weighted by Crippen LogP contribution is -2.07. The van der Waals surface area contributed by atoms with Gasteiger partial charge in [-0.15, -0.1) is 10.2 Å². The van der Waals surface area contributed by atoms with Gasteiger partial charge in [-0.1, -0.05) is 32.8 Å². The summed E-state index contributed by atoms with van der Waals surface area (Å²) < 4.78 is 30.2. The molecule has 1 aromatic heterocycles. The average molecular weight is 348 g/mol. The van der Waals surface area contributed by atoms with Gasteiger partial charge < -0.3 is 14.2 Å². The summed E-state index contributed by atoms with van der Waals surface area (Å²) in [4.78, 5) is 0. The van der Waals surface area contributed by atoms with Crippen LogP contribution in [0.15, 0.2) is 30.3 Å². The van der Waals surface area contributed by atoms with Crippen LogP contribution in [-0.4, -0.2) is 23.4 Å². The number of unbranched alkanes of at least 4 members (excludes halogenated alkanes) is 2. The third-order valence-electron chi connectivity index (χ3n) is 3.45. The fourth-order valence-corrected chi connectivity index (χ4v) is 2.03. The van der Waals surface area contributed by atoms with Gasteiger partial charge in [-0.05, 0) is 25.0 Å². The number of aromatic nitrogens is 2. The SMILES string of the molecule is CCCCOc1cc(COc2cccc(F)c2)nnc1OCCCC. The summed E-state index contributed by atoms with van der Waals surface area (Å²) in [6.07, 6.45) is 3.98. The fraction of sp³-hybridized carbons (Fsp3) is 0.474. The van der Waals surface area contributed by atoms with Gasteiger partial charge in [0.25, 0.3) is 5.88 Å². The van der Waals surface area contributed by atoms with E-state index >= 15 is 0 Å². The van der Waals surface area contributed by atoms with Gasteiger partial charge in [0.05, 0.1) is 13.2 Å². The summed E-state index contributed by atoms with van der Waals surface area (Å²) in [5, 5.41) is 8.22. The number of hydrogen-bond donors (Lipinski definition) is 0. The Morgan fingerprint density at radius 3 is 2.40 bits per heavy atom. The van der Waals surface area contributed by atoms with Crippen LogP contribution in [0.1, 0.15) is 45.2 Å². The normalized spacial score (nSPS) is 10.5. The maximum absolute atomic E-state index is 13.2. The Labute approximate surface area is 148 Å². The number of ether oxygens (including phenoxy) is 3. The van der Waals surface area contributed by atoms with E-state index in [0.29, 0.717) is 36.3 Å². The fourth-order valence-electron chi connectivity index (χ4n) is 2.03. The van der Waals surface area contributed by atoms with Crippen molar-refractivity contribution >= 4 is 0 Å². The predicted molar refractivity (Wildman–Crippen MR) is 93.6 cm³/mol. The van der Waals surface area contributed by atoms with Crippen molar-refractivity contribution in [1.29, 1.82) is 0 Å². The van der Waals surface area contributed by atoms with Crippen LogP contribution in [0.3, 0.4) is 0 Å². The smallest absolute Gasteiger partial charge is 0.276 e. The molecule has 1 aromatic carbocycles. The van der Waals surface area contributed by atoms with E-state index < -0.39 is 0 Å². The molecule has 0 aliphatic rings. The molecule has 0 radical (unpaired) electrons. The number of halogens is 1. The van der Waals surface area contributed by atoms with Crippen LogP contribution < -0.4 is 14.2 Å². The first-order chi connectivity index (χ1) is 12.2. The second-order valence-corrected chi connectivity index (χ2v) is 5.66. The Kier molecular flexibility index (Phi) is 7.95. The van der Waals surface area contributed by atoms with E-state index in [9.17, 15) is 4.39 Å². The number of benzene rings is 1. The Bertz CT molecular complexity index is 652. The van der Waals surface area contributed by atoms with Crippen molar-refractivity contribution in [2.24, 2.45) is 0 Å². The summed E-state index contributed by atoms with van der Waals surface area (Å²) in [6, 6.07) is 7.75. The lowest BCUT2D eigenvalue weighted by molar-refractivity contribution is 0.246. The summed E-state index contributed by atoms with van der Waals surface area (Å²) in [7, 11) is 0. The molecule has 136 valence electrons. The van der Waals surface area contributed by atoms with Gasteiger partial charge in [0.15, 0.2) is 5.75 Å². The third-order valence-corrected chi connectivity index (χ3v) is 3.45. The number of hydrogen-bond acceptors (Lipinski definition) is 5. The van der Waals surface area contributed by atoms with Gasteiger partial charge in [0, 0.05) is 12.1 Å². The topological polar surface area (TPSA) is 53.5 Å². The van der Waals surface area contributed by atoms with Crippen molar-refractivity contribution in [3.8, 4) is 17.4 Å². The van der Waals surface area contributed by atoms with E-state index in [-0.39, 0.29) is 12.4 Å². The quantitative estimate of drug-likeness (QED) is 0.558. The third kappa shape index (κ3) is 6.57. The van der Waals surface area contributed by atoms with Crippen molar-refractivity contribution in [2.45, 2.75) is 46.1 Å². The van der Waals surface area contributed by atoms with Crippen molar-refractivity contribution < 1.29 is 18.6 Å². The molecule has 0 aliphatic heterocycles. The molecule has 6 heteroatoms. The van der Waals surface area contributed by atoms with Gasteiger partial charge in [-0.25, -0.2) is 4.39 Å². The standard InChI is InChI=1S/C19H25FN2O3/c1-3-5-10-23-18-13-16(21-22-19(18)24-11-6-4-2)14-25-17-9-7-8-15(20)12-17/h7-9,12-13H,3-6,10-11,14H2,1-2H3. The number of nitrogens with zero attached hydrogens (tertiary/aromatic N) is 2. The molecule has 0 saturated carbocycles. The van der Waals surface area contributed by atoms with Crippen molar-refractivity contribution in [3.05, 3.63) is 41.8 Å². The first kappa shape index (κ1) is 19.0. The Hall–Kier alpha value is -2.37.